The van der Waals surface area contributed by atoms with Crippen molar-refractivity contribution in [2.24, 2.45) is 0 Å². The minimum absolute atomic E-state index is 0.161. The Morgan fingerprint density at radius 2 is 2.00 bits per heavy atom. The summed E-state index contributed by atoms with van der Waals surface area (Å²) >= 11 is 0. The number of carbonyl (C=O) groups is 1. The maximum Gasteiger partial charge on any atom is 0.269 e. The summed E-state index contributed by atoms with van der Waals surface area (Å²) in [5, 5.41) is 0. The molecular weight excluding hydrogens is 192 g/mol. The Morgan fingerprint density at radius 3 is 2.73 bits per heavy atom. The molecule has 0 radical (unpaired) electrons. The number of hydrogen-bond acceptors (Lipinski definition) is 3. The first-order valence-corrected chi connectivity index (χ1v) is 5.57. The molecule has 1 saturated heterocycles. The standard InChI is InChI=1S/C11H18N2O2/c1-12-5-3-2-4-10(11(12)14)13-6-8-15-9-7-13/h4H,2-3,5-9H2,1H3. The lowest BCUT2D eigenvalue weighted by Crippen LogP contribution is -2.41. The maximum atomic E-state index is 12.0. The molecule has 84 valence electrons. The van der Waals surface area contributed by atoms with E-state index in [1.165, 1.54) is 0 Å². The molecular formula is C11H18N2O2. The Morgan fingerprint density at radius 1 is 1.27 bits per heavy atom. The Labute approximate surface area is 90.5 Å². The summed E-state index contributed by atoms with van der Waals surface area (Å²) in [7, 11) is 1.88. The van der Waals surface area contributed by atoms with Crippen LogP contribution in [-0.2, 0) is 9.53 Å². The third-order valence-electron chi connectivity index (χ3n) is 2.95. The molecule has 0 aromatic heterocycles. The lowest BCUT2D eigenvalue weighted by molar-refractivity contribution is -0.127. The van der Waals surface area contributed by atoms with Crippen molar-refractivity contribution < 1.29 is 9.53 Å². The minimum Gasteiger partial charge on any atom is -0.378 e. The second kappa shape index (κ2) is 4.66. The monoisotopic (exact) mass is 210 g/mol. The van der Waals surface area contributed by atoms with Gasteiger partial charge in [-0.15, -0.1) is 0 Å². The zero-order chi connectivity index (χ0) is 10.7. The summed E-state index contributed by atoms with van der Waals surface area (Å²) < 4.78 is 5.29. The highest BCUT2D eigenvalue weighted by atomic mass is 16.5. The smallest absolute Gasteiger partial charge is 0.269 e. The third-order valence-corrected chi connectivity index (χ3v) is 2.95. The van der Waals surface area contributed by atoms with Crippen LogP contribution in [0.15, 0.2) is 11.8 Å². The lowest BCUT2D eigenvalue weighted by atomic mass is 10.2. The zero-order valence-corrected chi connectivity index (χ0v) is 9.24. The first kappa shape index (κ1) is 10.5. The Hall–Kier alpha value is -1.03. The van der Waals surface area contributed by atoms with Crippen LogP contribution in [-0.4, -0.2) is 55.6 Å². The quantitative estimate of drug-likeness (QED) is 0.630. The molecule has 0 saturated carbocycles. The minimum atomic E-state index is 0.161. The molecule has 0 aromatic rings. The van der Waals surface area contributed by atoms with Crippen LogP contribution >= 0.6 is 0 Å². The van der Waals surface area contributed by atoms with Gasteiger partial charge in [0.05, 0.1) is 18.9 Å². The van der Waals surface area contributed by atoms with Crippen LogP contribution in [0.2, 0.25) is 0 Å². The van der Waals surface area contributed by atoms with E-state index in [9.17, 15) is 4.79 Å². The molecule has 0 atom stereocenters. The van der Waals surface area contributed by atoms with E-state index in [1.807, 2.05) is 11.9 Å². The molecule has 2 aliphatic heterocycles. The molecule has 0 aromatic carbocycles. The summed E-state index contributed by atoms with van der Waals surface area (Å²) in [4.78, 5) is 16.0. The highest BCUT2D eigenvalue weighted by Crippen LogP contribution is 2.15. The van der Waals surface area contributed by atoms with Crippen LogP contribution in [0, 0.1) is 0 Å². The Balaban J connectivity index is 2.10. The summed E-state index contributed by atoms with van der Waals surface area (Å²) in [6.45, 7) is 4.00. The SMILES string of the molecule is CN1CCCC=C(N2CCOCC2)C1=O. The molecule has 15 heavy (non-hydrogen) atoms. The van der Waals surface area contributed by atoms with Gasteiger partial charge in [0, 0.05) is 26.7 Å². The predicted octanol–water partition coefficient (Wildman–Crippen LogP) is 0.455. The van der Waals surface area contributed by atoms with Gasteiger partial charge in [-0.05, 0) is 12.8 Å². The number of amides is 1. The molecule has 0 bridgehead atoms. The van der Waals surface area contributed by atoms with Gasteiger partial charge < -0.3 is 14.5 Å². The van der Waals surface area contributed by atoms with Gasteiger partial charge in [0.2, 0.25) is 0 Å². The van der Waals surface area contributed by atoms with E-state index in [0.717, 1.165) is 51.4 Å². The summed E-state index contributed by atoms with van der Waals surface area (Å²) in [5.41, 5.74) is 0.873. The van der Waals surface area contributed by atoms with E-state index in [0.29, 0.717) is 0 Å². The molecule has 0 unspecified atom stereocenters. The van der Waals surface area contributed by atoms with Crippen molar-refractivity contribution in [3.05, 3.63) is 11.8 Å². The van der Waals surface area contributed by atoms with Gasteiger partial charge in [-0.2, -0.15) is 0 Å². The summed E-state index contributed by atoms with van der Waals surface area (Å²) in [6.07, 6.45) is 4.15. The first-order chi connectivity index (χ1) is 7.29. The fourth-order valence-corrected chi connectivity index (χ4v) is 2.02. The number of allylic oxidation sites excluding steroid dienone is 1. The second-order valence-corrected chi connectivity index (χ2v) is 4.06. The maximum absolute atomic E-state index is 12.0. The van der Waals surface area contributed by atoms with Gasteiger partial charge >= 0.3 is 0 Å². The average molecular weight is 210 g/mol. The van der Waals surface area contributed by atoms with Crippen LogP contribution in [0.1, 0.15) is 12.8 Å². The van der Waals surface area contributed by atoms with Crippen LogP contribution in [0.25, 0.3) is 0 Å². The van der Waals surface area contributed by atoms with Gasteiger partial charge in [0.1, 0.15) is 0 Å². The molecule has 2 aliphatic rings. The van der Waals surface area contributed by atoms with E-state index in [-0.39, 0.29) is 5.91 Å². The molecule has 2 heterocycles. The van der Waals surface area contributed by atoms with Gasteiger partial charge in [-0.25, -0.2) is 0 Å². The van der Waals surface area contributed by atoms with Crippen molar-refractivity contribution in [1.29, 1.82) is 0 Å². The zero-order valence-electron chi connectivity index (χ0n) is 9.24. The third kappa shape index (κ3) is 2.31. The van der Waals surface area contributed by atoms with E-state index in [4.69, 9.17) is 4.74 Å². The fraction of sp³-hybridized carbons (Fsp3) is 0.727. The first-order valence-electron chi connectivity index (χ1n) is 5.57. The fourth-order valence-electron chi connectivity index (χ4n) is 2.02. The van der Waals surface area contributed by atoms with Crippen LogP contribution < -0.4 is 0 Å². The Kier molecular flexibility index (Phi) is 3.26. The number of ether oxygens (including phenoxy) is 1. The predicted molar refractivity (Wildman–Crippen MR) is 57.3 cm³/mol. The number of carbonyl (C=O) groups excluding carboxylic acids is 1. The van der Waals surface area contributed by atoms with E-state index in [1.54, 1.807) is 0 Å². The van der Waals surface area contributed by atoms with Crippen LogP contribution in [0.3, 0.4) is 0 Å². The van der Waals surface area contributed by atoms with Gasteiger partial charge in [-0.3, -0.25) is 4.79 Å². The normalized spacial score (nSPS) is 23.8. The van der Waals surface area contributed by atoms with E-state index < -0.39 is 0 Å². The van der Waals surface area contributed by atoms with Crippen molar-refractivity contribution >= 4 is 5.91 Å². The number of hydrogen-bond donors (Lipinski definition) is 0. The topological polar surface area (TPSA) is 32.8 Å². The Bertz CT molecular complexity index is 270. The molecule has 0 aliphatic carbocycles. The molecule has 4 heteroatoms. The molecule has 2 rings (SSSR count). The lowest BCUT2D eigenvalue weighted by Gasteiger charge is -2.31. The molecule has 1 amide bonds. The number of rotatable bonds is 1. The highest BCUT2D eigenvalue weighted by Gasteiger charge is 2.23. The van der Waals surface area contributed by atoms with Gasteiger partial charge in [0.25, 0.3) is 5.91 Å². The van der Waals surface area contributed by atoms with E-state index in [2.05, 4.69) is 11.0 Å². The van der Waals surface area contributed by atoms with E-state index >= 15 is 0 Å². The molecule has 1 fully saturated rings. The van der Waals surface area contributed by atoms with Crippen molar-refractivity contribution in [3.63, 3.8) is 0 Å². The molecule has 4 nitrogen and oxygen atoms in total. The number of morpholine rings is 1. The van der Waals surface area contributed by atoms with Crippen molar-refractivity contribution in [2.45, 2.75) is 12.8 Å². The highest BCUT2D eigenvalue weighted by molar-refractivity contribution is 5.92. The van der Waals surface area contributed by atoms with Crippen molar-refractivity contribution in [2.75, 3.05) is 39.9 Å². The summed E-state index contributed by atoms with van der Waals surface area (Å²) in [6, 6.07) is 0. The van der Waals surface area contributed by atoms with Gasteiger partial charge in [-0.1, -0.05) is 6.08 Å². The largest absolute Gasteiger partial charge is 0.378 e. The van der Waals surface area contributed by atoms with Crippen molar-refractivity contribution in [3.8, 4) is 0 Å². The average Bonchev–Trinajstić information content (AvgIpc) is 2.44. The summed E-state index contributed by atoms with van der Waals surface area (Å²) in [5.74, 6) is 0.161. The van der Waals surface area contributed by atoms with Crippen molar-refractivity contribution in [1.82, 2.24) is 9.80 Å². The van der Waals surface area contributed by atoms with Crippen LogP contribution in [0.4, 0.5) is 0 Å². The molecule has 0 spiro atoms. The number of likely N-dealkylation sites (N-methyl/N-ethyl adjacent to an activating group) is 1. The van der Waals surface area contributed by atoms with Crippen LogP contribution in [0.5, 0.6) is 0 Å². The van der Waals surface area contributed by atoms with Gasteiger partial charge in [0.15, 0.2) is 0 Å². The second-order valence-electron chi connectivity index (χ2n) is 4.06. The molecule has 0 N–H and O–H groups in total. The number of nitrogens with zero attached hydrogens (tertiary/aromatic N) is 2.